The van der Waals surface area contributed by atoms with Crippen molar-refractivity contribution in [3.63, 3.8) is 0 Å². The van der Waals surface area contributed by atoms with Crippen molar-refractivity contribution in [3.8, 4) is 0 Å². The molecule has 0 amide bonds. The Balaban J connectivity index is 1.60. The van der Waals surface area contributed by atoms with Crippen LogP contribution in [0.15, 0.2) is 5.18 Å². The van der Waals surface area contributed by atoms with Crippen molar-refractivity contribution in [2.45, 2.75) is 90.8 Å². The highest BCUT2D eigenvalue weighted by molar-refractivity contribution is 5.10. The molecule has 4 aliphatic carbocycles. The van der Waals surface area contributed by atoms with Crippen molar-refractivity contribution in [1.82, 2.24) is 0 Å². The third kappa shape index (κ3) is 2.25. The van der Waals surface area contributed by atoms with Crippen molar-refractivity contribution in [3.05, 3.63) is 4.91 Å². The van der Waals surface area contributed by atoms with E-state index in [9.17, 15) is 9.30 Å². The van der Waals surface area contributed by atoms with Crippen LogP contribution >= 0.6 is 0 Å². The molecule has 0 bridgehead atoms. The molecule has 0 aromatic heterocycles. The van der Waals surface area contributed by atoms with E-state index < -0.39 is 6.17 Å². The maximum Gasteiger partial charge on any atom is 0.100 e. The van der Waals surface area contributed by atoms with Crippen molar-refractivity contribution in [1.29, 1.82) is 0 Å². The van der Waals surface area contributed by atoms with E-state index in [0.29, 0.717) is 22.7 Å². The summed E-state index contributed by atoms with van der Waals surface area (Å²) in [4.78, 5) is 11.2. The van der Waals surface area contributed by atoms with E-state index in [1.807, 2.05) is 6.92 Å². The van der Waals surface area contributed by atoms with Crippen molar-refractivity contribution < 1.29 is 4.39 Å². The number of hydrogen-bond donors (Lipinski definition) is 0. The number of rotatable bonds is 2. The fourth-order valence-electron chi connectivity index (χ4n) is 8.11. The van der Waals surface area contributed by atoms with Crippen molar-refractivity contribution in [2.75, 3.05) is 0 Å². The van der Waals surface area contributed by atoms with Gasteiger partial charge in [0.15, 0.2) is 0 Å². The van der Waals surface area contributed by atoms with Gasteiger partial charge in [0.1, 0.15) is 6.17 Å². The van der Waals surface area contributed by atoms with Gasteiger partial charge in [-0.1, -0.05) is 19.0 Å². The highest BCUT2D eigenvalue weighted by atomic mass is 19.1. The fourth-order valence-corrected chi connectivity index (χ4v) is 8.11. The van der Waals surface area contributed by atoms with Crippen molar-refractivity contribution in [2.24, 2.45) is 45.6 Å². The van der Waals surface area contributed by atoms with Gasteiger partial charge in [-0.3, -0.25) is 0 Å². The third-order valence-electron chi connectivity index (χ3n) is 9.42. The molecule has 4 saturated carbocycles. The Morgan fingerprint density at radius 3 is 2.42 bits per heavy atom. The van der Waals surface area contributed by atoms with Gasteiger partial charge in [-0.25, -0.2) is 4.39 Å². The molecular weight excluding hydrogens is 301 g/mol. The third-order valence-corrected chi connectivity index (χ3v) is 9.42. The van der Waals surface area contributed by atoms with E-state index in [0.717, 1.165) is 37.0 Å². The summed E-state index contributed by atoms with van der Waals surface area (Å²) in [6.07, 6.45) is 9.70. The van der Waals surface area contributed by atoms with Crippen LogP contribution in [-0.4, -0.2) is 12.2 Å². The van der Waals surface area contributed by atoms with Crippen LogP contribution in [0, 0.1) is 45.3 Å². The average molecular weight is 336 g/mol. The molecule has 4 aliphatic rings. The smallest absolute Gasteiger partial charge is 0.100 e. The lowest BCUT2D eigenvalue weighted by Crippen LogP contribution is -2.54. The van der Waals surface area contributed by atoms with E-state index >= 15 is 0 Å². The molecule has 9 atom stereocenters. The number of nitroso groups, excluding NO2 is 1. The summed E-state index contributed by atoms with van der Waals surface area (Å²) in [5.41, 5.74) is 0.689. The van der Waals surface area contributed by atoms with Crippen LogP contribution in [0.4, 0.5) is 4.39 Å². The van der Waals surface area contributed by atoms with Crippen LogP contribution in [0.1, 0.15) is 78.6 Å². The molecule has 0 aliphatic heterocycles. The normalized spacial score (nSPS) is 55.2. The van der Waals surface area contributed by atoms with Gasteiger partial charge in [-0.15, -0.1) is 0 Å². The lowest BCUT2D eigenvalue weighted by molar-refractivity contribution is -0.120. The average Bonchev–Trinajstić information content (AvgIpc) is 2.92. The Bertz CT molecular complexity index is 510. The zero-order valence-corrected chi connectivity index (χ0v) is 15.6. The van der Waals surface area contributed by atoms with E-state index in [2.05, 4.69) is 19.0 Å². The largest absolute Gasteiger partial charge is 0.247 e. The van der Waals surface area contributed by atoms with Gasteiger partial charge in [-0.2, -0.15) is 4.91 Å². The predicted molar refractivity (Wildman–Crippen MR) is 95.4 cm³/mol. The first-order valence-electron chi connectivity index (χ1n) is 10.4. The van der Waals surface area contributed by atoms with Gasteiger partial charge in [0, 0.05) is 0 Å². The Labute approximate surface area is 146 Å². The molecule has 0 aromatic carbocycles. The Morgan fingerprint density at radius 2 is 1.67 bits per heavy atom. The molecule has 4 unspecified atom stereocenters. The summed E-state index contributed by atoms with van der Waals surface area (Å²) >= 11 is 0. The fraction of sp³-hybridized carbons (Fsp3) is 1.00. The second-order valence-corrected chi connectivity index (χ2v) is 10.1. The second kappa shape index (κ2) is 5.77. The molecule has 3 heteroatoms. The lowest BCUT2D eigenvalue weighted by Gasteiger charge is -2.61. The number of alkyl halides is 1. The molecule has 4 fully saturated rings. The summed E-state index contributed by atoms with van der Waals surface area (Å²) in [5.74, 6) is 3.46. The SMILES string of the molecule is CC(N=O)[C@H]1CCC2C3CC[C@H]4C[C@@H](F)CC[C@]4(C)C3CC[C@@]21C. The van der Waals surface area contributed by atoms with Crippen molar-refractivity contribution >= 4 is 0 Å². The summed E-state index contributed by atoms with van der Waals surface area (Å²) < 4.78 is 14.0. The molecule has 0 aromatic rings. The topological polar surface area (TPSA) is 29.4 Å². The summed E-state index contributed by atoms with van der Waals surface area (Å²) in [5, 5.41) is 3.41. The van der Waals surface area contributed by atoms with E-state index in [4.69, 9.17) is 0 Å². The minimum absolute atomic E-state index is 0.0366. The number of halogens is 1. The van der Waals surface area contributed by atoms with Crippen LogP contribution in [0.5, 0.6) is 0 Å². The lowest BCUT2D eigenvalue weighted by atomic mass is 9.44. The van der Waals surface area contributed by atoms with Gasteiger partial charge in [-0.05, 0) is 105 Å². The molecule has 4 rings (SSSR count). The Kier molecular flexibility index (Phi) is 4.08. The second-order valence-electron chi connectivity index (χ2n) is 10.1. The Hall–Kier alpha value is -0.470. The van der Waals surface area contributed by atoms with Gasteiger partial charge in [0.05, 0.1) is 6.04 Å². The zero-order chi connectivity index (χ0) is 17.1. The highest BCUT2D eigenvalue weighted by Crippen LogP contribution is 2.68. The monoisotopic (exact) mass is 335 g/mol. The van der Waals surface area contributed by atoms with Crippen LogP contribution in [-0.2, 0) is 0 Å². The molecule has 24 heavy (non-hydrogen) atoms. The van der Waals surface area contributed by atoms with Crippen LogP contribution < -0.4 is 0 Å². The number of nitrogens with zero attached hydrogens (tertiary/aromatic N) is 1. The van der Waals surface area contributed by atoms with Crippen LogP contribution in [0.25, 0.3) is 0 Å². The minimum Gasteiger partial charge on any atom is -0.247 e. The summed E-state index contributed by atoms with van der Waals surface area (Å²) in [6, 6.07) is -0.0366. The van der Waals surface area contributed by atoms with Gasteiger partial charge in [0.2, 0.25) is 0 Å². The maximum absolute atomic E-state index is 14.0. The molecule has 0 N–H and O–H groups in total. The molecule has 0 saturated heterocycles. The van der Waals surface area contributed by atoms with E-state index in [1.54, 1.807) is 0 Å². The molecule has 0 heterocycles. The molecule has 0 spiro atoms. The first-order valence-corrected chi connectivity index (χ1v) is 10.4. The molecule has 2 nitrogen and oxygen atoms in total. The number of hydrogen-bond acceptors (Lipinski definition) is 2. The standard InChI is InChI=1S/C21H34FNO/c1-13(23-24)17-6-7-18-16-5-4-14-12-15(22)8-10-20(14,2)19(16)9-11-21(17,18)3/h13-19H,4-12H2,1-3H3/t13?,14-,15-,16?,17+,18?,19?,20-,21+/m0/s1. The summed E-state index contributed by atoms with van der Waals surface area (Å²) in [6.45, 7) is 6.98. The van der Waals surface area contributed by atoms with Gasteiger partial charge < -0.3 is 0 Å². The van der Waals surface area contributed by atoms with Crippen LogP contribution in [0.3, 0.4) is 0 Å². The molecular formula is C21H34FNO. The van der Waals surface area contributed by atoms with Crippen LogP contribution in [0.2, 0.25) is 0 Å². The minimum atomic E-state index is -0.552. The number of fused-ring (bicyclic) bond motifs is 5. The summed E-state index contributed by atoms with van der Waals surface area (Å²) in [7, 11) is 0. The van der Waals surface area contributed by atoms with Gasteiger partial charge >= 0.3 is 0 Å². The quantitative estimate of drug-likeness (QED) is 0.557. The van der Waals surface area contributed by atoms with Gasteiger partial charge in [0.25, 0.3) is 0 Å². The first kappa shape index (κ1) is 17.0. The van der Waals surface area contributed by atoms with E-state index in [1.165, 1.54) is 38.5 Å². The predicted octanol–water partition coefficient (Wildman–Crippen LogP) is 6.14. The first-order chi connectivity index (χ1) is 11.4. The maximum atomic E-state index is 14.0. The Morgan fingerprint density at radius 1 is 0.958 bits per heavy atom. The highest BCUT2D eigenvalue weighted by Gasteiger charge is 2.60. The molecule has 136 valence electrons. The van der Waals surface area contributed by atoms with E-state index in [-0.39, 0.29) is 6.04 Å². The molecule has 0 radical (unpaired) electrons. The zero-order valence-electron chi connectivity index (χ0n) is 15.6.